The first-order valence-electron chi connectivity index (χ1n) is 6.25. The Morgan fingerprint density at radius 2 is 2.15 bits per heavy atom. The second kappa shape index (κ2) is 5.46. The number of benzene rings is 2. The van der Waals surface area contributed by atoms with Crippen LogP contribution in [0.25, 0.3) is 0 Å². The van der Waals surface area contributed by atoms with Gasteiger partial charge in [0.15, 0.2) is 0 Å². The van der Waals surface area contributed by atoms with E-state index >= 15 is 0 Å². The molecule has 0 saturated carbocycles. The van der Waals surface area contributed by atoms with Gasteiger partial charge in [0.05, 0.1) is 0 Å². The summed E-state index contributed by atoms with van der Waals surface area (Å²) < 4.78 is 5.67. The number of nitrogen functional groups attached to an aromatic ring is 1. The SMILES string of the molecule is CSc1cccc(NC2=Nc3cc(N)ccc3OC2)c1. The number of hydrogen-bond donors (Lipinski definition) is 2. The van der Waals surface area contributed by atoms with Crippen LogP contribution in [0.3, 0.4) is 0 Å². The van der Waals surface area contributed by atoms with E-state index in [1.165, 1.54) is 4.90 Å². The van der Waals surface area contributed by atoms with Gasteiger partial charge < -0.3 is 15.8 Å². The number of ether oxygens (including phenoxy) is 1. The molecule has 2 aromatic rings. The van der Waals surface area contributed by atoms with Crippen molar-refractivity contribution in [1.82, 2.24) is 0 Å². The van der Waals surface area contributed by atoms with Crippen molar-refractivity contribution in [2.45, 2.75) is 4.90 Å². The first-order chi connectivity index (χ1) is 9.74. The first kappa shape index (κ1) is 12.9. The molecular formula is C15H15N3OS. The van der Waals surface area contributed by atoms with E-state index in [9.17, 15) is 0 Å². The number of fused-ring (bicyclic) bond motifs is 1. The highest BCUT2D eigenvalue weighted by atomic mass is 32.2. The van der Waals surface area contributed by atoms with Gasteiger partial charge in [0, 0.05) is 16.3 Å². The Morgan fingerprint density at radius 1 is 1.25 bits per heavy atom. The maximum atomic E-state index is 5.77. The zero-order chi connectivity index (χ0) is 13.9. The molecule has 2 aromatic carbocycles. The van der Waals surface area contributed by atoms with Crippen LogP contribution in [0.5, 0.6) is 5.75 Å². The van der Waals surface area contributed by atoms with E-state index in [4.69, 9.17) is 10.5 Å². The molecule has 0 fully saturated rings. The molecule has 1 aliphatic rings. The predicted octanol–water partition coefficient (Wildman–Crippen LogP) is 3.53. The summed E-state index contributed by atoms with van der Waals surface area (Å²) in [5.74, 6) is 1.55. The van der Waals surface area contributed by atoms with Crippen molar-refractivity contribution >= 4 is 34.7 Å². The van der Waals surface area contributed by atoms with Crippen LogP contribution < -0.4 is 15.8 Å². The number of anilines is 2. The summed E-state index contributed by atoms with van der Waals surface area (Å²) in [5, 5.41) is 3.29. The summed E-state index contributed by atoms with van der Waals surface area (Å²) in [6.07, 6.45) is 2.05. The molecule has 1 aliphatic heterocycles. The summed E-state index contributed by atoms with van der Waals surface area (Å²) in [6.45, 7) is 0.431. The Morgan fingerprint density at radius 3 is 3.00 bits per heavy atom. The highest BCUT2D eigenvalue weighted by Crippen LogP contribution is 2.32. The Bertz CT molecular complexity index is 670. The Balaban J connectivity index is 1.84. The van der Waals surface area contributed by atoms with Crippen LogP contribution in [-0.4, -0.2) is 18.7 Å². The fraction of sp³-hybridized carbons (Fsp3) is 0.133. The van der Waals surface area contributed by atoms with Crippen molar-refractivity contribution in [2.24, 2.45) is 4.99 Å². The van der Waals surface area contributed by atoms with Crippen LogP contribution >= 0.6 is 11.8 Å². The minimum atomic E-state index is 0.431. The summed E-state index contributed by atoms with van der Waals surface area (Å²) in [6, 6.07) is 13.7. The molecule has 0 saturated heterocycles. The molecule has 0 bridgehead atoms. The Kier molecular flexibility index (Phi) is 3.52. The van der Waals surface area contributed by atoms with Gasteiger partial charge in [-0.3, -0.25) is 0 Å². The van der Waals surface area contributed by atoms with Crippen LogP contribution in [-0.2, 0) is 0 Å². The van der Waals surface area contributed by atoms with Crippen molar-refractivity contribution in [3.05, 3.63) is 42.5 Å². The number of nitrogens with zero attached hydrogens (tertiary/aromatic N) is 1. The van der Waals surface area contributed by atoms with Gasteiger partial charge in [-0.2, -0.15) is 0 Å². The minimum Gasteiger partial charge on any atom is -0.483 e. The third-order valence-electron chi connectivity index (χ3n) is 2.96. The van der Waals surface area contributed by atoms with E-state index < -0.39 is 0 Å². The normalized spacial score (nSPS) is 13.2. The Hall–Kier alpha value is -2.14. The smallest absolute Gasteiger partial charge is 0.146 e. The van der Waals surface area contributed by atoms with Gasteiger partial charge in [-0.15, -0.1) is 11.8 Å². The van der Waals surface area contributed by atoms with Crippen molar-refractivity contribution in [2.75, 3.05) is 23.9 Å². The van der Waals surface area contributed by atoms with Crippen LogP contribution in [0.15, 0.2) is 52.4 Å². The van der Waals surface area contributed by atoms with Gasteiger partial charge >= 0.3 is 0 Å². The Labute approximate surface area is 122 Å². The molecule has 0 spiro atoms. The standard InChI is InChI=1S/C15H15N3OS/c1-20-12-4-2-3-11(8-12)17-15-9-19-14-6-5-10(16)7-13(14)18-15/h2-8H,9,16H2,1H3,(H,17,18). The number of thioether (sulfide) groups is 1. The van der Waals surface area contributed by atoms with E-state index in [-0.39, 0.29) is 0 Å². The summed E-state index contributed by atoms with van der Waals surface area (Å²) >= 11 is 1.71. The minimum absolute atomic E-state index is 0.431. The highest BCUT2D eigenvalue weighted by Gasteiger charge is 2.13. The average molecular weight is 285 g/mol. The van der Waals surface area contributed by atoms with E-state index in [2.05, 4.69) is 28.7 Å². The van der Waals surface area contributed by atoms with Crippen molar-refractivity contribution in [3.63, 3.8) is 0 Å². The summed E-state index contributed by atoms with van der Waals surface area (Å²) in [7, 11) is 0. The molecule has 4 nitrogen and oxygen atoms in total. The molecule has 20 heavy (non-hydrogen) atoms. The summed E-state index contributed by atoms with van der Waals surface area (Å²) in [4.78, 5) is 5.76. The molecule has 1 heterocycles. The second-order valence-electron chi connectivity index (χ2n) is 4.43. The molecule has 0 radical (unpaired) electrons. The number of rotatable bonds is 2. The third-order valence-corrected chi connectivity index (χ3v) is 3.69. The van der Waals surface area contributed by atoms with Gasteiger partial charge in [-0.05, 0) is 42.7 Å². The number of nitrogens with two attached hydrogens (primary N) is 1. The first-order valence-corrected chi connectivity index (χ1v) is 7.48. The van der Waals surface area contributed by atoms with E-state index in [1.54, 1.807) is 11.8 Å². The number of nitrogens with one attached hydrogen (secondary N) is 1. The lowest BCUT2D eigenvalue weighted by atomic mass is 10.2. The molecule has 0 aromatic heterocycles. The number of aliphatic imine (C=N–C) groups is 1. The van der Waals surface area contributed by atoms with Gasteiger partial charge in [0.25, 0.3) is 0 Å². The monoisotopic (exact) mass is 285 g/mol. The fourth-order valence-corrected chi connectivity index (χ4v) is 2.46. The van der Waals surface area contributed by atoms with Crippen LogP contribution in [0.2, 0.25) is 0 Å². The molecule has 5 heteroatoms. The van der Waals surface area contributed by atoms with Crippen LogP contribution in [0.4, 0.5) is 17.1 Å². The zero-order valence-electron chi connectivity index (χ0n) is 11.1. The van der Waals surface area contributed by atoms with E-state index in [0.717, 1.165) is 23.0 Å². The van der Waals surface area contributed by atoms with Gasteiger partial charge in [-0.25, -0.2) is 4.99 Å². The fourth-order valence-electron chi connectivity index (χ4n) is 2.00. The molecule has 0 atom stereocenters. The molecule has 0 amide bonds. The van der Waals surface area contributed by atoms with Crippen molar-refractivity contribution in [3.8, 4) is 5.75 Å². The lowest BCUT2D eigenvalue weighted by Gasteiger charge is -2.18. The molecule has 102 valence electrons. The molecule has 3 N–H and O–H groups in total. The molecular weight excluding hydrogens is 270 g/mol. The molecule has 0 aliphatic carbocycles. The lowest BCUT2D eigenvalue weighted by molar-refractivity contribution is 0.372. The zero-order valence-corrected chi connectivity index (χ0v) is 11.9. The van der Waals surface area contributed by atoms with Gasteiger partial charge in [-0.1, -0.05) is 6.07 Å². The predicted molar refractivity (Wildman–Crippen MR) is 85.3 cm³/mol. The van der Waals surface area contributed by atoms with Gasteiger partial charge in [0.2, 0.25) is 0 Å². The van der Waals surface area contributed by atoms with E-state index in [1.807, 2.05) is 30.3 Å². The van der Waals surface area contributed by atoms with E-state index in [0.29, 0.717) is 12.3 Å². The van der Waals surface area contributed by atoms with Crippen LogP contribution in [0.1, 0.15) is 0 Å². The molecule has 0 unspecified atom stereocenters. The number of amidine groups is 1. The lowest BCUT2D eigenvalue weighted by Crippen LogP contribution is -2.23. The maximum absolute atomic E-state index is 5.77. The van der Waals surface area contributed by atoms with Crippen molar-refractivity contribution in [1.29, 1.82) is 0 Å². The average Bonchev–Trinajstić information content (AvgIpc) is 2.47. The maximum Gasteiger partial charge on any atom is 0.146 e. The third kappa shape index (κ3) is 2.72. The topological polar surface area (TPSA) is 59.6 Å². The quantitative estimate of drug-likeness (QED) is 0.654. The van der Waals surface area contributed by atoms with Crippen LogP contribution in [0, 0.1) is 0 Å². The van der Waals surface area contributed by atoms with Crippen molar-refractivity contribution < 1.29 is 4.74 Å². The largest absolute Gasteiger partial charge is 0.483 e. The van der Waals surface area contributed by atoms with Gasteiger partial charge in [0.1, 0.15) is 23.9 Å². The highest BCUT2D eigenvalue weighted by molar-refractivity contribution is 7.98. The summed E-state index contributed by atoms with van der Waals surface area (Å²) in [5.41, 5.74) is 8.22. The second-order valence-corrected chi connectivity index (χ2v) is 5.31. The number of hydrogen-bond acceptors (Lipinski definition) is 5. The molecule has 3 rings (SSSR count).